The average Bonchev–Trinajstić information content (AvgIpc) is 2.68. The van der Waals surface area contributed by atoms with Crippen LogP contribution in [0, 0.1) is 0 Å². The summed E-state index contributed by atoms with van der Waals surface area (Å²) in [5.74, 6) is 1.05. The van der Waals surface area contributed by atoms with Crippen LogP contribution in [0.2, 0.25) is 0 Å². The molecular formula is C5H12N4P4. The van der Waals surface area contributed by atoms with E-state index in [0.717, 1.165) is 20.2 Å². The van der Waals surface area contributed by atoms with Gasteiger partial charge in [0.2, 0.25) is 0 Å². The van der Waals surface area contributed by atoms with Gasteiger partial charge >= 0.3 is 0 Å². The second kappa shape index (κ2) is 4.11. The molecule has 0 saturated heterocycles. The van der Waals surface area contributed by atoms with Gasteiger partial charge in [0.25, 0.3) is 0 Å². The summed E-state index contributed by atoms with van der Waals surface area (Å²) in [7, 11) is 6.81. The third-order valence-corrected chi connectivity index (χ3v) is 13.8. The van der Waals surface area contributed by atoms with E-state index >= 15 is 0 Å². The molecule has 0 fully saturated rings. The normalized spacial score (nSPS) is 29.8. The monoisotopic (exact) mass is 252 g/mol. The maximum atomic E-state index is 4.01. The summed E-state index contributed by atoms with van der Waals surface area (Å²) in [5, 5.41) is 11.7. The highest BCUT2D eigenvalue weighted by Gasteiger charge is 2.34. The molecule has 0 bridgehead atoms. The van der Waals surface area contributed by atoms with E-state index in [1.54, 1.807) is 0 Å². The van der Waals surface area contributed by atoms with Gasteiger partial charge in [0.05, 0.1) is 6.04 Å². The molecule has 1 aliphatic heterocycles. The second-order valence-electron chi connectivity index (χ2n) is 3.09. The molecule has 0 aromatic carbocycles. The van der Waals surface area contributed by atoms with Crippen molar-refractivity contribution < 1.29 is 0 Å². The zero-order valence-corrected chi connectivity index (χ0v) is 11.5. The lowest BCUT2D eigenvalue weighted by Gasteiger charge is -2.21. The van der Waals surface area contributed by atoms with Gasteiger partial charge in [0.15, 0.2) is 5.82 Å². The lowest BCUT2D eigenvalue weighted by molar-refractivity contribution is 0.509. The molecule has 0 saturated carbocycles. The molecule has 13 heavy (non-hydrogen) atoms. The zero-order valence-electron chi connectivity index (χ0n) is 7.25. The van der Waals surface area contributed by atoms with E-state index in [9.17, 15) is 0 Å². The summed E-state index contributed by atoms with van der Waals surface area (Å²) in [6.45, 7) is 2.21. The van der Waals surface area contributed by atoms with Crippen molar-refractivity contribution in [2.24, 2.45) is 0 Å². The Bertz CT molecular complexity index is 302. The largest absolute Gasteiger partial charge is 0.226 e. The molecule has 4 unspecified atom stereocenters. The standard InChI is InChI=1S/C5H12N4P4/c1-3-4(13(11)12-10)2-5-6-7-8-9(3)5/h3-4,12H,2,10-11H2,1H3/t3-,4-,13?/m0/s1. The first-order chi connectivity index (χ1) is 6.24. The van der Waals surface area contributed by atoms with Gasteiger partial charge in [-0.05, 0) is 17.4 Å². The number of hydrogen-bond donors (Lipinski definition) is 0. The van der Waals surface area contributed by atoms with E-state index < -0.39 is 0 Å². The van der Waals surface area contributed by atoms with Crippen molar-refractivity contribution in [1.82, 2.24) is 20.2 Å². The smallest absolute Gasteiger partial charge is 0.152 e. The molecule has 1 aromatic heterocycles. The van der Waals surface area contributed by atoms with Crippen molar-refractivity contribution in [3.8, 4) is 0 Å². The molecule has 1 aromatic rings. The lowest BCUT2D eigenvalue weighted by atomic mass is 10.2. The highest BCUT2D eigenvalue weighted by Crippen LogP contribution is 2.71. The van der Waals surface area contributed by atoms with Crippen molar-refractivity contribution >= 4 is 33.1 Å². The number of nitrogens with zero attached hydrogens (tertiary/aromatic N) is 4. The predicted molar refractivity (Wildman–Crippen MR) is 64.7 cm³/mol. The molecule has 0 aliphatic carbocycles. The summed E-state index contributed by atoms with van der Waals surface area (Å²) in [5.41, 5.74) is 0.717. The molecule has 0 spiro atoms. The number of fused-ring (bicyclic) bond motifs is 1. The van der Waals surface area contributed by atoms with Gasteiger partial charge in [-0.3, -0.25) is 0 Å². The van der Waals surface area contributed by atoms with Crippen LogP contribution in [0.1, 0.15) is 18.8 Å². The van der Waals surface area contributed by atoms with Gasteiger partial charge in [-0.2, -0.15) is 0 Å². The molecule has 4 nitrogen and oxygen atoms in total. The van der Waals surface area contributed by atoms with Crippen molar-refractivity contribution in [3.05, 3.63) is 5.82 Å². The van der Waals surface area contributed by atoms with Crippen LogP contribution in [0.25, 0.3) is 0 Å². The Hall–Kier alpha value is 0.790. The quantitative estimate of drug-likeness (QED) is 0.754. The molecule has 1 aliphatic rings. The summed E-state index contributed by atoms with van der Waals surface area (Å²) in [6, 6.07) is 0.474. The molecular weight excluding hydrogens is 240 g/mol. The van der Waals surface area contributed by atoms with Crippen molar-refractivity contribution in [1.29, 1.82) is 0 Å². The number of tetrazole rings is 1. The van der Waals surface area contributed by atoms with Crippen molar-refractivity contribution in [3.63, 3.8) is 0 Å². The molecule has 2 heterocycles. The maximum absolute atomic E-state index is 4.01. The minimum absolute atomic E-state index is 0.0393. The van der Waals surface area contributed by atoms with E-state index in [1.807, 2.05) is 4.68 Å². The fraction of sp³-hybridized carbons (Fsp3) is 0.800. The van der Waals surface area contributed by atoms with Gasteiger partial charge < -0.3 is 0 Å². The summed E-state index contributed by atoms with van der Waals surface area (Å²) >= 11 is 0. The zero-order chi connectivity index (χ0) is 9.42. The molecule has 0 radical (unpaired) electrons. The Morgan fingerprint density at radius 2 is 2.46 bits per heavy atom. The van der Waals surface area contributed by atoms with Crippen LogP contribution in [0.5, 0.6) is 0 Å². The molecule has 8 heteroatoms. The third-order valence-electron chi connectivity index (χ3n) is 2.40. The summed E-state index contributed by atoms with van der Waals surface area (Å²) in [6.07, 6.45) is 1.05. The van der Waals surface area contributed by atoms with Crippen molar-refractivity contribution in [2.75, 3.05) is 0 Å². The molecule has 2 rings (SSSR count). The molecule has 0 N–H and O–H groups in total. The number of hydrogen-bond acceptors (Lipinski definition) is 3. The van der Waals surface area contributed by atoms with E-state index in [1.165, 1.54) is 0 Å². The van der Waals surface area contributed by atoms with Crippen LogP contribution >= 0.6 is 33.1 Å². The van der Waals surface area contributed by atoms with E-state index in [4.69, 9.17) is 0 Å². The topological polar surface area (TPSA) is 43.6 Å². The maximum Gasteiger partial charge on any atom is 0.152 e. The number of aromatic nitrogens is 4. The van der Waals surface area contributed by atoms with Crippen LogP contribution in [0.4, 0.5) is 0 Å². The predicted octanol–water partition coefficient (Wildman–Crippen LogP) is 1.81. The Morgan fingerprint density at radius 1 is 1.69 bits per heavy atom. The minimum Gasteiger partial charge on any atom is -0.226 e. The van der Waals surface area contributed by atoms with Crippen LogP contribution in [-0.4, -0.2) is 25.9 Å². The second-order valence-corrected chi connectivity index (χ2v) is 12.7. The minimum atomic E-state index is 0.0393. The highest BCUT2D eigenvalue weighted by atomic mass is 32.6. The summed E-state index contributed by atoms with van der Waals surface area (Å²) in [4.78, 5) is 0. The first-order valence-corrected chi connectivity index (χ1v) is 10.7. The molecule has 0 amide bonds. The lowest BCUT2D eigenvalue weighted by Crippen LogP contribution is -2.12. The van der Waals surface area contributed by atoms with Crippen LogP contribution in [0.15, 0.2) is 0 Å². The first-order valence-electron chi connectivity index (χ1n) is 4.01. The van der Waals surface area contributed by atoms with Crippen molar-refractivity contribution in [2.45, 2.75) is 25.0 Å². The Morgan fingerprint density at radius 3 is 3.08 bits per heavy atom. The Balaban J connectivity index is 2.19. The fourth-order valence-corrected chi connectivity index (χ4v) is 7.04. The highest BCUT2D eigenvalue weighted by molar-refractivity contribution is 8.61. The third kappa shape index (κ3) is 1.80. The van der Waals surface area contributed by atoms with E-state index in [0.29, 0.717) is 11.7 Å². The van der Waals surface area contributed by atoms with Crippen LogP contribution in [0.3, 0.4) is 0 Å². The van der Waals surface area contributed by atoms with Gasteiger partial charge in [-0.1, -0.05) is 15.3 Å². The van der Waals surface area contributed by atoms with Gasteiger partial charge in [-0.15, -0.1) is 23.0 Å². The van der Waals surface area contributed by atoms with Crippen LogP contribution in [-0.2, 0) is 6.42 Å². The molecule has 72 valence electrons. The SMILES string of the molecule is C[C@H]1[C@@H](P(P)PP)Cc2nnnn21. The average molecular weight is 252 g/mol. The molecule has 6 atom stereocenters. The summed E-state index contributed by atoms with van der Waals surface area (Å²) < 4.78 is 1.97. The van der Waals surface area contributed by atoms with E-state index in [-0.39, 0.29) is 7.30 Å². The van der Waals surface area contributed by atoms with Gasteiger partial charge in [-0.25, -0.2) is 4.68 Å². The number of rotatable bonds is 2. The fourth-order valence-electron chi connectivity index (χ4n) is 1.61. The Labute approximate surface area is 84.6 Å². The van der Waals surface area contributed by atoms with Crippen LogP contribution < -0.4 is 0 Å². The van der Waals surface area contributed by atoms with Gasteiger partial charge in [0, 0.05) is 12.1 Å². The Kier molecular flexibility index (Phi) is 3.26. The van der Waals surface area contributed by atoms with E-state index in [2.05, 4.69) is 40.3 Å². The first kappa shape index (κ1) is 10.3. The van der Waals surface area contributed by atoms with Gasteiger partial charge in [0.1, 0.15) is 0 Å².